The summed E-state index contributed by atoms with van der Waals surface area (Å²) in [5.41, 5.74) is 1.22. The molecule has 0 aliphatic carbocycles. The van der Waals surface area contributed by atoms with Gasteiger partial charge in [-0.2, -0.15) is 0 Å². The molecule has 2 aromatic carbocycles. The summed E-state index contributed by atoms with van der Waals surface area (Å²) in [6, 6.07) is 9.26. The summed E-state index contributed by atoms with van der Waals surface area (Å²) in [5, 5.41) is 10.1. The molecule has 0 saturated heterocycles. The topological polar surface area (TPSA) is 29.5 Å². The summed E-state index contributed by atoms with van der Waals surface area (Å²) in [6.07, 6.45) is -1.11. The first-order valence-electron chi connectivity index (χ1n) is 6.28. The molecule has 106 valence electrons. The van der Waals surface area contributed by atoms with E-state index in [9.17, 15) is 13.9 Å². The summed E-state index contributed by atoms with van der Waals surface area (Å²) in [6.45, 7) is 1.76. The average Bonchev–Trinajstić information content (AvgIpc) is 2.41. The Labute approximate surface area is 116 Å². The fraction of sp³-hybridized carbons (Fsp3) is 0.250. The van der Waals surface area contributed by atoms with Gasteiger partial charge < -0.3 is 9.84 Å². The molecular formula is C16H16F2O2. The van der Waals surface area contributed by atoms with Crippen molar-refractivity contribution in [2.24, 2.45) is 0 Å². The Bertz CT molecular complexity index is 611. The Kier molecular flexibility index (Phi) is 4.35. The fourth-order valence-corrected chi connectivity index (χ4v) is 2.09. The Hall–Kier alpha value is -1.94. The maximum atomic E-state index is 14.0. The average molecular weight is 278 g/mol. The van der Waals surface area contributed by atoms with E-state index in [0.29, 0.717) is 0 Å². The van der Waals surface area contributed by atoms with Gasteiger partial charge in [0.2, 0.25) is 0 Å². The largest absolute Gasteiger partial charge is 0.494 e. The van der Waals surface area contributed by atoms with Crippen LogP contribution in [0, 0.1) is 18.6 Å². The molecule has 0 aliphatic heterocycles. The van der Waals surface area contributed by atoms with Crippen molar-refractivity contribution in [1.29, 1.82) is 0 Å². The van der Waals surface area contributed by atoms with Crippen molar-refractivity contribution in [3.63, 3.8) is 0 Å². The van der Waals surface area contributed by atoms with Crippen LogP contribution in [-0.2, 0) is 6.42 Å². The molecule has 0 heterocycles. The predicted molar refractivity (Wildman–Crippen MR) is 72.8 cm³/mol. The smallest absolute Gasteiger partial charge is 0.168 e. The number of hydrogen-bond donors (Lipinski definition) is 1. The molecule has 0 spiro atoms. The standard InChI is InChI=1S/C16H16F2O2/c1-10-6-7-12(13(17)8-10)14(19)9-11-4-3-5-15(20-2)16(11)18/h3-8,14,19H,9H2,1-2H3. The van der Waals surface area contributed by atoms with Crippen LogP contribution in [0.2, 0.25) is 0 Å². The lowest BCUT2D eigenvalue weighted by Crippen LogP contribution is -2.06. The number of ether oxygens (including phenoxy) is 1. The maximum Gasteiger partial charge on any atom is 0.168 e. The number of halogens is 2. The highest BCUT2D eigenvalue weighted by Gasteiger charge is 2.17. The number of aliphatic hydroxyl groups excluding tert-OH is 1. The third-order valence-electron chi connectivity index (χ3n) is 3.19. The second-order valence-electron chi connectivity index (χ2n) is 4.68. The van der Waals surface area contributed by atoms with E-state index in [1.807, 2.05) is 0 Å². The molecule has 20 heavy (non-hydrogen) atoms. The maximum absolute atomic E-state index is 14.0. The summed E-state index contributed by atoms with van der Waals surface area (Å²) in [5.74, 6) is -0.901. The van der Waals surface area contributed by atoms with Crippen molar-refractivity contribution >= 4 is 0 Å². The second-order valence-corrected chi connectivity index (χ2v) is 4.68. The van der Waals surface area contributed by atoms with Crippen LogP contribution >= 0.6 is 0 Å². The molecule has 0 bridgehead atoms. The lowest BCUT2D eigenvalue weighted by Gasteiger charge is -2.14. The first-order valence-corrected chi connectivity index (χ1v) is 6.28. The number of aryl methyl sites for hydroxylation is 1. The summed E-state index contributed by atoms with van der Waals surface area (Å²) >= 11 is 0. The van der Waals surface area contributed by atoms with Gasteiger partial charge in [-0.05, 0) is 30.2 Å². The fourth-order valence-electron chi connectivity index (χ4n) is 2.09. The third kappa shape index (κ3) is 2.96. The minimum Gasteiger partial charge on any atom is -0.494 e. The molecule has 0 saturated carbocycles. The van der Waals surface area contributed by atoms with Crippen LogP contribution in [0.3, 0.4) is 0 Å². The van der Waals surface area contributed by atoms with Crippen molar-refractivity contribution in [3.05, 3.63) is 64.7 Å². The van der Waals surface area contributed by atoms with Crippen LogP contribution in [0.25, 0.3) is 0 Å². The first kappa shape index (κ1) is 14.5. The molecule has 0 aromatic heterocycles. The van der Waals surface area contributed by atoms with E-state index in [1.54, 1.807) is 25.1 Å². The molecule has 2 nitrogen and oxygen atoms in total. The number of aliphatic hydroxyl groups is 1. The zero-order valence-corrected chi connectivity index (χ0v) is 11.4. The van der Waals surface area contributed by atoms with Crippen molar-refractivity contribution < 1.29 is 18.6 Å². The van der Waals surface area contributed by atoms with Gasteiger partial charge in [0, 0.05) is 12.0 Å². The molecular weight excluding hydrogens is 262 g/mol. The van der Waals surface area contributed by atoms with E-state index < -0.39 is 17.7 Å². The zero-order valence-electron chi connectivity index (χ0n) is 11.4. The minimum absolute atomic E-state index is 0.0109. The van der Waals surface area contributed by atoms with Gasteiger partial charge in [-0.25, -0.2) is 8.78 Å². The van der Waals surface area contributed by atoms with Gasteiger partial charge in [0.15, 0.2) is 11.6 Å². The Morgan fingerprint density at radius 1 is 1.20 bits per heavy atom. The van der Waals surface area contributed by atoms with Crippen molar-refractivity contribution in [1.82, 2.24) is 0 Å². The summed E-state index contributed by atoms with van der Waals surface area (Å²) < 4.78 is 32.6. The SMILES string of the molecule is COc1cccc(CC(O)c2ccc(C)cc2F)c1F. The third-order valence-corrected chi connectivity index (χ3v) is 3.19. The molecule has 1 unspecified atom stereocenters. The molecule has 4 heteroatoms. The van der Waals surface area contributed by atoms with Gasteiger partial charge in [0.1, 0.15) is 5.82 Å². The number of hydrogen-bond acceptors (Lipinski definition) is 2. The number of benzene rings is 2. The molecule has 1 N–H and O–H groups in total. The van der Waals surface area contributed by atoms with Crippen LogP contribution in [0.1, 0.15) is 22.8 Å². The molecule has 2 rings (SSSR count). The highest BCUT2D eigenvalue weighted by atomic mass is 19.1. The normalized spacial score (nSPS) is 12.2. The zero-order chi connectivity index (χ0) is 14.7. The monoisotopic (exact) mass is 278 g/mol. The lowest BCUT2D eigenvalue weighted by atomic mass is 9.99. The highest BCUT2D eigenvalue weighted by molar-refractivity contribution is 5.33. The van der Waals surface area contributed by atoms with Crippen molar-refractivity contribution in [2.75, 3.05) is 7.11 Å². The van der Waals surface area contributed by atoms with Crippen molar-refractivity contribution in [2.45, 2.75) is 19.4 Å². The molecule has 2 aromatic rings. The van der Waals surface area contributed by atoms with Crippen LogP contribution in [0.15, 0.2) is 36.4 Å². The van der Waals surface area contributed by atoms with E-state index in [0.717, 1.165) is 5.56 Å². The van der Waals surface area contributed by atoms with Crippen LogP contribution in [-0.4, -0.2) is 12.2 Å². The predicted octanol–water partition coefficient (Wildman–Crippen LogP) is 3.56. The molecule has 1 atom stereocenters. The highest BCUT2D eigenvalue weighted by Crippen LogP contribution is 2.26. The Morgan fingerprint density at radius 2 is 1.95 bits per heavy atom. The van der Waals surface area contributed by atoms with Gasteiger partial charge in [-0.15, -0.1) is 0 Å². The van der Waals surface area contributed by atoms with E-state index in [1.165, 1.54) is 25.3 Å². The van der Waals surface area contributed by atoms with E-state index >= 15 is 0 Å². The van der Waals surface area contributed by atoms with Gasteiger partial charge in [0.05, 0.1) is 13.2 Å². The van der Waals surface area contributed by atoms with Crippen molar-refractivity contribution in [3.8, 4) is 5.75 Å². The molecule has 0 amide bonds. The van der Waals surface area contributed by atoms with E-state index in [2.05, 4.69) is 0 Å². The second kappa shape index (κ2) is 6.01. The van der Waals surface area contributed by atoms with Gasteiger partial charge in [-0.1, -0.05) is 24.3 Å². The quantitative estimate of drug-likeness (QED) is 0.926. The number of rotatable bonds is 4. The summed E-state index contributed by atoms with van der Waals surface area (Å²) in [7, 11) is 1.37. The molecule has 0 aliphatic rings. The summed E-state index contributed by atoms with van der Waals surface area (Å²) in [4.78, 5) is 0. The lowest BCUT2D eigenvalue weighted by molar-refractivity contribution is 0.172. The van der Waals surface area contributed by atoms with Crippen LogP contribution in [0.5, 0.6) is 5.75 Å². The number of methoxy groups -OCH3 is 1. The van der Waals surface area contributed by atoms with Crippen LogP contribution < -0.4 is 4.74 Å². The van der Waals surface area contributed by atoms with E-state index in [4.69, 9.17) is 4.74 Å². The Balaban J connectivity index is 2.25. The molecule has 0 fully saturated rings. The first-order chi connectivity index (χ1) is 9.52. The minimum atomic E-state index is -1.10. The van der Waals surface area contributed by atoms with Crippen LogP contribution in [0.4, 0.5) is 8.78 Å². The van der Waals surface area contributed by atoms with E-state index in [-0.39, 0.29) is 23.3 Å². The Morgan fingerprint density at radius 3 is 2.60 bits per heavy atom. The molecule has 0 radical (unpaired) electrons. The van der Waals surface area contributed by atoms with Gasteiger partial charge >= 0.3 is 0 Å². The van der Waals surface area contributed by atoms with Gasteiger partial charge in [0.25, 0.3) is 0 Å². The van der Waals surface area contributed by atoms with Gasteiger partial charge in [-0.3, -0.25) is 0 Å².